The summed E-state index contributed by atoms with van der Waals surface area (Å²) in [6, 6.07) is 15.2. The molecule has 5 rings (SSSR count). The molecule has 1 fully saturated rings. The minimum atomic E-state index is -4.43. The van der Waals surface area contributed by atoms with Crippen LogP contribution in [0.1, 0.15) is 46.3 Å². The number of rotatable bonds is 7. The number of nitrogens with zero attached hydrogens (tertiary/aromatic N) is 2. The number of nitrogens with one attached hydrogen (secondary N) is 1. The maximum atomic E-state index is 13.7. The minimum Gasteiger partial charge on any atom is -0.504 e. The highest BCUT2D eigenvalue weighted by atomic mass is 32.2. The predicted octanol–water partition coefficient (Wildman–Crippen LogP) is 2.96. The van der Waals surface area contributed by atoms with Crippen LogP contribution in [0.25, 0.3) is 0 Å². The van der Waals surface area contributed by atoms with Gasteiger partial charge in [0, 0.05) is 37.6 Å². The summed E-state index contributed by atoms with van der Waals surface area (Å²) in [5, 5.41) is 33.9. The van der Waals surface area contributed by atoms with E-state index >= 15 is 0 Å². The van der Waals surface area contributed by atoms with Crippen molar-refractivity contribution in [2.75, 3.05) is 19.6 Å². The van der Waals surface area contributed by atoms with Gasteiger partial charge in [0.25, 0.3) is 5.91 Å². The average Bonchev–Trinajstić information content (AvgIpc) is 2.99. The van der Waals surface area contributed by atoms with Crippen molar-refractivity contribution in [3.05, 3.63) is 76.9 Å². The number of sulfonamides is 1. The van der Waals surface area contributed by atoms with E-state index in [4.69, 9.17) is 0 Å². The Labute approximate surface area is 240 Å². The first-order chi connectivity index (χ1) is 19.5. The summed E-state index contributed by atoms with van der Waals surface area (Å²) in [5.41, 5.74) is 1.85. The van der Waals surface area contributed by atoms with Crippen LogP contribution in [0, 0.1) is 0 Å². The van der Waals surface area contributed by atoms with Gasteiger partial charge in [-0.05, 0) is 60.0 Å². The molecule has 0 aliphatic carbocycles. The first kappa shape index (κ1) is 28.9. The largest absolute Gasteiger partial charge is 0.504 e. The van der Waals surface area contributed by atoms with Gasteiger partial charge in [-0.15, -0.1) is 0 Å². The van der Waals surface area contributed by atoms with Crippen LogP contribution in [0.5, 0.6) is 17.2 Å². The molecule has 4 N–H and O–H groups in total. The average molecular weight is 600 g/mol. The van der Waals surface area contributed by atoms with E-state index in [1.54, 1.807) is 36.4 Å². The third-order valence-electron chi connectivity index (χ3n) is 7.63. The molecule has 2 aliphatic heterocycles. The fourth-order valence-electron chi connectivity index (χ4n) is 5.23. The molecule has 2 aliphatic rings. The molecule has 0 spiro atoms. The molecule has 2 heterocycles. The van der Waals surface area contributed by atoms with Crippen LogP contribution in [-0.2, 0) is 39.2 Å². The molecule has 0 radical (unpaired) electrons. The molecule has 10 nitrogen and oxygen atoms in total. The molecule has 0 saturated carbocycles. The Balaban J connectivity index is 1.42. The third-order valence-corrected chi connectivity index (χ3v) is 11.7. The molecule has 1 amide bonds. The highest BCUT2D eigenvalue weighted by Gasteiger charge is 2.35. The van der Waals surface area contributed by atoms with Gasteiger partial charge < -0.3 is 20.6 Å². The van der Waals surface area contributed by atoms with Crippen molar-refractivity contribution < 1.29 is 32.7 Å². The monoisotopic (exact) mass is 599 g/mol. The molecular weight excluding hydrogens is 566 g/mol. The molecule has 41 heavy (non-hydrogen) atoms. The fraction of sp³-hybridized carbons (Fsp3) is 0.310. The zero-order valence-electron chi connectivity index (χ0n) is 22.5. The van der Waals surface area contributed by atoms with Crippen LogP contribution in [0.2, 0.25) is 0 Å². The number of phenolic OH excluding ortho intramolecular Hbond substituents is 3. The van der Waals surface area contributed by atoms with Crippen molar-refractivity contribution in [1.82, 2.24) is 13.9 Å². The SMILES string of the molecule is C=S(=O)(c1ccc2c(c1)CN(S(=O)(=O)c1cc(C(=O)NCc3ccccc3)c(O)c(O)c1O)CC2)N1CCCCC1. The second-order valence-electron chi connectivity index (χ2n) is 10.3. The summed E-state index contributed by atoms with van der Waals surface area (Å²) in [6.07, 6.45) is 3.34. The van der Waals surface area contributed by atoms with E-state index in [1.165, 1.54) is 0 Å². The molecule has 218 valence electrons. The van der Waals surface area contributed by atoms with E-state index in [2.05, 4.69) is 11.2 Å². The summed E-state index contributed by atoms with van der Waals surface area (Å²) >= 11 is 0. The Morgan fingerprint density at radius 2 is 1.54 bits per heavy atom. The molecule has 1 atom stereocenters. The highest BCUT2D eigenvalue weighted by Crippen LogP contribution is 2.43. The number of piperidine rings is 1. The van der Waals surface area contributed by atoms with Crippen LogP contribution in [-0.4, -0.2) is 68.0 Å². The molecule has 12 heteroatoms. The van der Waals surface area contributed by atoms with Gasteiger partial charge in [-0.25, -0.2) is 16.9 Å². The Morgan fingerprint density at radius 1 is 0.829 bits per heavy atom. The van der Waals surface area contributed by atoms with E-state index in [0.29, 0.717) is 30.0 Å². The van der Waals surface area contributed by atoms with Gasteiger partial charge in [-0.3, -0.25) is 4.79 Å². The summed E-state index contributed by atoms with van der Waals surface area (Å²) in [5.74, 6) is 0.115. The zero-order valence-corrected chi connectivity index (χ0v) is 24.1. The first-order valence-corrected chi connectivity index (χ1v) is 16.5. The van der Waals surface area contributed by atoms with Crippen LogP contribution >= 0.6 is 0 Å². The van der Waals surface area contributed by atoms with Crippen molar-refractivity contribution >= 4 is 31.5 Å². The van der Waals surface area contributed by atoms with Gasteiger partial charge in [0.2, 0.25) is 15.8 Å². The Kier molecular flexibility index (Phi) is 8.02. The fourth-order valence-corrected chi connectivity index (χ4v) is 8.51. The van der Waals surface area contributed by atoms with Gasteiger partial charge in [0.05, 0.1) is 15.3 Å². The van der Waals surface area contributed by atoms with Crippen molar-refractivity contribution in [1.29, 1.82) is 0 Å². The van der Waals surface area contributed by atoms with E-state index in [9.17, 15) is 32.7 Å². The highest BCUT2D eigenvalue weighted by molar-refractivity contribution is 7.98. The van der Waals surface area contributed by atoms with E-state index in [1.807, 2.05) is 16.4 Å². The Morgan fingerprint density at radius 3 is 2.24 bits per heavy atom. The topological polar surface area (TPSA) is 147 Å². The second-order valence-corrected chi connectivity index (χ2v) is 14.5. The van der Waals surface area contributed by atoms with Crippen LogP contribution in [0.3, 0.4) is 0 Å². The van der Waals surface area contributed by atoms with Crippen molar-refractivity contribution in [3.8, 4) is 17.2 Å². The lowest BCUT2D eigenvalue weighted by Crippen LogP contribution is -2.37. The molecule has 3 aromatic rings. The van der Waals surface area contributed by atoms with Gasteiger partial charge >= 0.3 is 0 Å². The third kappa shape index (κ3) is 5.65. The molecule has 0 aromatic heterocycles. The summed E-state index contributed by atoms with van der Waals surface area (Å²) < 4.78 is 44.1. The van der Waals surface area contributed by atoms with Crippen LogP contribution in [0.4, 0.5) is 0 Å². The smallest absolute Gasteiger partial charge is 0.255 e. The molecule has 1 unspecified atom stereocenters. The number of hydrogen-bond donors (Lipinski definition) is 4. The van der Waals surface area contributed by atoms with Gasteiger partial charge in [-0.2, -0.15) is 4.31 Å². The lowest BCUT2D eigenvalue weighted by atomic mass is 10.0. The summed E-state index contributed by atoms with van der Waals surface area (Å²) in [4.78, 5) is 12.7. The zero-order chi connectivity index (χ0) is 29.4. The number of benzene rings is 3. The van der Waals surface area contributed by atoms with Crippen LogP contribution in [0.15, 0.2) is 64.4 Å². The number of carbonyl (C=O) groups is 1. The standard InChI is InChI=1S/C29H33N3O7S2/c1-40(37,31-13-6-3-7-14-31)23-11-10-21-12-15-32(19-22(21)16-23)41(38,39)25-17-24(26(33)28(35)27(25)34)29(36)30-18-20-8-4-2-5-9-20/h2,4-5,8-11,16-17,33-35H,1,3,6-7,12-15,18-19H2,(H,30,36). The lowest BCUT2D eigenvalue weighted by Gasteiger charge is -2.32. The number of fused-ring (bicyclic) bond motifs is 1. The van der Waals surface area contributed by atoms with Gasteiger partial charge in [-0.1, -0.05) is 42.8 Å². The maximum Gasteiger partial charge on any atom is 0.255 e. The van der Waals surface area contributed by atoms with Crippen molar-refractivity contribution in [3.63, 3.8) is 0 Å². The number of hydrogen-bond acceptors (Lipinski definition) is 7. The van der Waals surface area contributed by atoms with Crippen LogP contribution < -0.4 is 5.32 Å². The first-order valence-electron chi connectivity index (χ1n) is 13.3. The van der Waals surface area contributed by atoms with E-state index in [0.717, 1.165) is 40.8 Å². The van der Waals surface area contributed by atoms with E-state index < -0.39 is 53.3 Å². The molecule has 0 bridgehead atoms. The normalized spacial score (nSPS) is 17.9. The van der Waals surface area contributed by atoms with Crippen molar-refractivity contribution in [2.45, 2.75) is 48.6 Å². The predicted molar refractivity (Wildman–Crippen MR) is 156 cm³/mol. The number of phenols is 3. The summed E-state index contributed by atoms with van der Waals surface area (Å²) in [6.45, 7) is 1.48. The Bertz CT molecular complexity index is 1680. The number of carbonyl (C=O) groups excluding carboxylic acids is 1. The van der Waals surface area contributed by atoms with E-state index in [-0.39, 0.29) is 19.6 Å². The molecule has 3 aromatic carbocycles. The molecular formula is C29H33N3O7S2. The number of aromatic hydroxyl groups is 3. The minimum absolute atomic E-state index is 0.0718. The summed E-state index contributed by atoms with van der Waals surface area (Å²) in [7, 11) is -7.17. The molecule has 1 saturated heterocycles. The van der Waals surface area contributed by atoms with Crippen molar-refractivity contribution in [2.24, 2.45) is 0 Å². The quantitative estimate of drug-likeness (QED) is 0.241. The number of amides is 1. The maximum absolute atomic E-state index is 13.7. The Hall–Kier alpha value is -3.58. The second kappa shape index (κ2) is 11.4. The lowest BCUT2D eigenvalue weighted by molar-refractivity contribution is 0.0947. The van der Waals surface area contributed by atoms with Gasteiger partial charge in [0.15, 0.2) is 11.5 Å². The van der Waals surface area contributed by atoms with Gasteiger partial charge in [0.1, 0.15) is 4.90 Å².